The molecule has 0 bridgehead atoms. The van der Waals surface area contributed by atoms with Crippen molar-refractivity contribution in [2.24, 2.45) is 0 Å². The number of carbonyl (C=O) groups is 2. The Kier molecular flexibility index (Phi) is 4.56. The summed E-state index contributed by atoms with van der Waals surface area (Å²) in [6.45, 7) is 0. The molecule has 21 heavy (non-hydrogen) atoms. The van der Waals surface area contributed by atoms with Crippen LogP contribution in [-0.2, 0) is 16.0 Å². The van der Waals surface area contributed by atoms with E-state index in [0.29, 0.717) is 11.1 Å². The first-order valence-electron chi connectivity index (χ1n) is 6.41. The monoisotopic (exact) mass is 285 g/mol. The molecule has 0 saturated carbocycles. The summed E-state index contributed by atoms with van der Waals surface area (Å²) in [5, 5.41) is 21.1. The van der Waals surface area contributed by atoms with Gasteiger partial charge in [0.05, 0.1) is 6.42 Å². The number of rotatable bonds is 5. The van der Waals surface area contributed by atoms with E-state index < -0.39 is 17.9 Å². The Morgan fingerprint density at radius 3 is 2.38 bits per heavy atom. The first kappa shape index (κ1) is 14.6. The van der Waals surface area contributed by atoms with Crippen LogP contribution in [0.3, 0.4) is 0 Å². The van der Waals surface area contributed by atoms with Gasteiger partial charge in [-0.25, -0.2) is 4.79 Å². The van der Waals surface area contributed by atoms with Crippen LogP contribution in [0.1, 0.15) is 17.2 Å². The third-order valence-corrected chi connectivity index (χ3v) is 2.96. The zero-order valence-corrected chi connectivity index (χ0v) is 11.2. The van der Waals surface area contributed by atoms with Crippen molar-refractivity contribution in [3.8, 4) is 5.75 Å². The molecule has 0 heterocycles. The highest BCUT2D eigenvalue weighted by molar-refractivity contribution is 5.85. The van der Waals surface area contributed by atoms with Crippen molar-refractivity contribution in [2.75, 3.05) is 0 Å². The number of aromatic hydroxyl groups is 1. The molecule has 3 N–H and O–H groups in total. The standard InChI is InChI=1S/C16H15NO4/c18-13-8-4-5-11(9-13)10-14(19)17-15(16(20)21)12-6-2-1-3-7-12/h1-9,15,18H,10H2,(H,17,19)(H,20,21)/t15-/m0/s1. The highest BCUT2D eigenvalue weighted by Gasteiger charge is 2.21. The second kappa shape index (κ2) is 6.56. The molecule has 0 aliphatic rings. The smallest absolute Gasteiger partial charge is 0.330 e. The average Bonchev–Trinajstić information content (AvgIpc) is 2.45. The minimum Gasteiger partial charge on any atom is -0.508 e. The van der Waals surface area contributed by atoms with Crippen LogP contribution in [0.25, 0.3) is 0 Å². The van der Waals surface area contributed by atoms with Crippen LogP contribution in [0.2, 0.25) is 0 Å². The lowest BCUT2D eigenvalue weighted by molar-refractivity contribution is -0.141. The van der Waals surface area contributed by atoms with Crippen LogP contribution in [0, 0.1) is 0 Å². The first-order valence-corrected chi connectivity index (χ1v) is 6.41. The summed E-state index contributed by atoms with van der Waals surface area (Å²) in [4.78, 5) is 23.2. The van der Waals surface area contributed by atoms with E-state index in [9.17, 15) is 19.8 Å². The SMILES string of the molecule is O=C(Cc1cccc(O)c1)N[C@H](C(=O)O)c1ccccc1. The second-order valence-electron chi connectivity index (χ2n) is 4.60. The van der Waals surface area contributed by atoms with Gasteiger partial charge in [-0.2, -0.15) is 0 Å². The fourth-order valence-corrected chi connectivity index (χ4v) is 2.00. The molecule has 0 aliphatic carbocycles. The maximum absolute atomic E-state index is 12.0. The van der Waals surface area contributed by atoms with Gasteiger partial charge in [-0.1, -0.05) is 42.5 Å². The van der Waals surface area contributed by atoms with E-state index in [4.69, 9.17) is 0 Å². The van der Waals surface area contributed by atoms with Crippen LogP contribution in [-0.4, -0.2) is 22.1 Å². The maximum atomic E-state index is 12.0. The van der Waals surface area contributed by atoms with Gasteiger partial charge in [0.2, 0.25) is 5.91 Å². The molecule has 0 saturated heterocycles. The number of nitrogens with one attached hydrogen (secondary N) is 1. The quantitative estimate of drug-likeness (QED) is 0.782. The van der Waals surface area contributed by atoms with Gasteiger partial charge in [-0.15, -0.1) is 0 Å². The van der Waals surface area contributed by atoms with Crippen molar-refractivity contribution in [3.05, 3.63) is 65.7 Å². The van der Waals surface area contributed by atoms with Crippen LogP contribution >= 0.6 is 0 Å². The molecule has 0 fully saturated rings. The number of carboxylic acids is 1. The van der Waals surface area contributed by atoms with E-state index in [1.165, 1.54) is 12.1 Å². The summed E-state index contributed by atoms with van der Waals surface area (Å²) in [5.74, 6) is -1.47. The molecule has 5 heteroatoms. The molecule has 0 spiro atoms. The fraction of sp³-hybridized carbons (Fsp3) is 0.125. The minimum atomic E-state index is -1.12. The number of benzene rings is 2. The number of amides is 1. The van der Waals surface area contributed by atoms with E-state index in [0.717, 1.165) is 0 Å². The second-order valence-corrected chi connectivity index (χ2v) is 4.60. The van der Waals surface area contributed by atoms with Gasteiger partial charge in [-0.05, 0) is 23.3 Å². The zero-order valence-electron chi connectivity index (χ0n) is 11.2. The molecule has 0 unspecified atom stereocenters. The number of phenols is 1. The molecule has 2 aromatic rings. The van der Waals surface area contributed by atoms with E-state index in [-0.39, 0.29) is 12.2 Å². The average molecular weight is 285 g/mol. The predicted molar refractivity (Wildman–Crippen MR) is 76.8 cm³/mol. The number of hydrogen-bond acceptors (Lipinski definition) is 3. The highest BCUT2D eigenvalue weighted by atomic mass is 16.4. The van der Waals surface area contributed by atoms with Crippen LogP contribution < -0.4 is 5.32 Å². The molecule has 0 aliphatic heterocycles. The summed E-state index contributed by atoms with van der Waals surface area (Å²) in [6, 6.07) is 13.7. The molecular weight excluding hydrogens is 270 g/mol. The third-order valence-electron chi connectivity index (χ3n) is 2.96. The zero-order chi connectivity index (χ0) is 15.2. The van der Waals surface area contributed by atoms with Crippen LogP contribution in [0.5, 0.6) is 5.75 Å². The van der Waals surface area contributed by atoms with Crippen molar-refractivity contribution in [1.29, 1.82) is 0 Å². The Bertz CT molecular complexity index is 640. The summed E-state index contributed by atoms with van der Waals surface area (Å²) in [6.07, 6.45) is 0.00497. The van der Waals surface area contributed by atoms with Crippen molar-refractivity contribution < 1.29 is 19.8 Å². The highest BCUT2D eigenvalue weighted by Crippen LogP contribution is 2.14. The molecular formula is C16H15NO4. The minimum absolute atomic E-state index is 0.00497. The number of carbonyl (C=O) groups excluding carboxylic acids is 1. The lowest BCUT2D eigenvalue weighted by Gasteiger charge is -2.15. The normalized spacial score (nSPS) is 11.6. The fourth-order valence-electron chi connectivity index (χ4n) is 2.00. The Morgan fingerprint density at radius 1 is 1.05 bits per heavy atom. The van der Waals surface area contributed by atoms with Crippen molar-refractivity contribution >= 4 is 11.9 Å². The van der Waals surface area contributed by atoms with Crippen LogP contribution in [0.4, 0.5) is 0 Å². The number of carboxylic acid groups (broad SMARTS) is 1. The van der Waals surface area contributed by atoms with Crippen LogP contribution in [0.15, 0.2) is 54.6 Å². The van der Waals surface area contributed by atoms with E-state index in [1.807, 2.05) is 0 Å². The molecule has 0 radical (unpaired) electrons. The molecule has 108 valence electrons. The Labute approximate surface area is 121 Å². The van der Waals surface area contributed by atoms with E-state index in [1.54, 1.807) is 42.5 Å². The van der Waals surface area contributed by atoms with Crippen molar-refractivity contribution in [2.45, 2.75) is 12.5 Å². The Hall–Kier alpha value is -2.82. The first-order chi connectivity index (χ1) is 10.1. The summed E-state index contributed by atoms with van der Waals surface area (Å²) in [5.41, 5.74) is 1.12. The van der Waals surface area contributed by atoms with E-state index in [2.05, 4.69) is 5.32 Å². The molecule has 1 amide bonds. The van der Waals surface area contributed by atoms with Gasteiger partial charge in [0.25, 0.3) is 0 Å². The molecule has 5 nitrogen and oxygen atoms in total. The summed E-state index contributed by atoms with van der Waals surface area (Å²) in [7, 11) is 0. The molecule has 0 aromatic heterocycles. The summed E-state index contributed by atoms with van der Waals surface area (Å²) < 4.78 is 0. The molecule has 1 atom stereocenters. The maximum Gasteiger partial charge on any atom is 0.330 e. The Morgan fingerprint density at radius 2 is 1.76 bits per heavy atom. The Balaban J connectivity index is 2.07. The van der Waals surface area contributed by atoms with Gasteiger partial charge < -0.3 is 15.5 Å². The topological polar surface area (TPSA) is 86.6 Å². The lowest BCUT2D eigenvalue weighted by atomic mass is 10.1. The van der Waals surface area contributed by atoms with Gasteiger partial charge >= 0.3 is 5.97 Å². The van der Waals surface area contributed by atoms with Gasteiger partial charge in [-0.3, -0.25) is 4.79 Å². The third kappa shape index (κ3) is 4.07. The predicted octanol–water partition coefficient (Wildman–Crippen LogP) is 1.88. The molecule has 2 rings (SSSR count). The van der Waals surface area contributed by atoms with E-state index >= 15 is 0 Å². The van der Waals surface area contributed by atoms with Gasteiger partial charge in [0, 0.05) is 0 Å². The lowest BCUT2D eigenvalue weighted by Crippen LogP contribution is -2.34. The van der Waals surface area contributed by atoms with Crippen molar-refractivity contribution in [1.82, 2.24) is 5.32 Å². The summed E-state index contributed by atoms with van der Waals surface area (Å²) >= 11 is 0. The molecule has 2 aromatic carbocycles. The van der Waals surface area contributed by atoms with Gasteiger partial charge in [0.1, 0.15) is 5.75 Å². The van der Waals surface area contributed by atoms with Crippen molar-refractivity contribution in [3.63, 3.8) is 0 Å². The largest absolute Gasteiger partial charge is 0.508 e. The number of phenolic OH excluding ortho intramolecular Hbond substituents is 1. The number of hydrogen-bond donors (Lipinski definition) is 3. The van der Waals surface area contributed by atoms with Gasteiger partial charge in [0.15, 0.2) is 6.04 Å². The number of aliphatic carboxylic acids is 1.